The van der Waals surface area contributed by atoms with Gasteiger partial charge in [0.05, 0.1) is 20.1 Å². The fourth-order valence-corrected chi connectivity index (χ4v) is 4.40. The molecular weight excluding hydrogens is 394 g/mol. The van der Waals surface area contributed by atoms with Crippen molar-refractivity contribution < 1.29 is 19.1 Å². The number of Topliss-reactive ketones (excluding diaryl/α,β-unsaturated/α-hetero) is 1. The molecule has 2 atom stereocenters. The summed E-state index contributed by atoms with van der Waals surface area (Å²) in [6, 6.07) is 10.8. The van der Waals surface area contributed by atoms with Crippen molar-refractivity contribution >= 4 is 23.2 Å². The second-order valence-electron chi connectivity index (χ2n) is 7.66. The van der Waals surface area contributed by atoms with Gasteiger partial charge in [0.25, 0.3) is 0 Å². The first-order valence-corrected chi connectivity index (χ1v) is 10.3. The van der Waals surface area contributed by atoms with Crippen molar-refractivity contribution in [2.45, 2.75) is 32.1 Å². The lowest BCUT2D eigenvalue weighted by molar-refractivity contribution is -0.119. The number of hydrogen-bond donors (Lipinski definition) is 1. The first kappa shape index (κ1) is 20.8. The average molecular weight is 419 g/mol. The van der Waals surface area contributed by atoms with E-state index in [0.717, 1.165) is 24.1 Å². The van der Waals surface area contributed by atoms with Crippen LogP contribution in [0.2, 0.25) is 0 Å². The van der Waals surface area contributed by atoms with E-state index in [1.807, 2.05) is 19.1 Å². The number of anilines is 1. The van der Waals surface area contributed by atoms with Gasteiger partial charge >= 0.3 is 0 Å². The van der Waals surface area contributed by atoms with Crippen molar-refractivity contribution in [3.63, 3.8) is 0 Å². The van der Waals surface area contributed by atoms with Gasteiger partial charge in [-0.05, 0) is 38.0 Å². The minimum atomic E-state index is -0.662. The van der Waals surface area contributed by atoms with Crippen LogP contribution in [0.15, 0.2) is 58.9 Å². The Labute approximate surface area is 181 Å². The van der Waals surface area contributed by atoms with Gasteiger partial charge in [0.2, 0.25) is 5.91 Å². The lowest BCUT2D eigenvalue weighted by atomic mass is 9.71. The predicted octanol–water partition coefficient (Wildman–Crippen LogP) is 3.92. The van der Waals surface area contributed by atoms with Crippen LogP contribution in [-0.2, 0) is 9.59 Å². The fraction of sp³-hybridized carbons (Fsp3) is 0.333. The number of carbonyl (C=O) groups is 2. The number of ketones is 1. The highest BCUT2D eigenvalue weighted by atomic mass is 16.5. The molecule has 0 saturated carbocycles. The third-order valence-corrected chi connectivity index (χ3v) is 5.81. The van der Waals surface area contributed by atoms with Crippen LogP contribution in [0.4, 0.5) is 5.82 Å². The summed E-state index contributed by atoms with van der Waals surface area (Å²) in [6.45, 7) is 1.84. The molecule has 0 spiro atoms. The molecule has 7 nitrogen and oxygen atoms in total. The molecule has 0 fully saturated rings. The molecule has 160 valence electrons. The van der Waals surface area contributed by atoms with E-state index in [-0.39, 0.29) is 11.7 Å². The minimum absolute atomic E-state index is 0.0380. The lowest BCUT2D eigenvalue weighted by Crippen LogP contribution is -2.39. The zero-order valence-corrected chi connectivity index (χ0v) is 17.8. The molecule has 7 heteroatoms. The molecule has 2 heterocycles. The summed E-state index contributed by atoms with van der Waals surface area (Å²) >= 11 is 0. The smallest absolute Gasteiger partial charge is 0.235 e. The summed E-state index contributed by atoms with van der Waals surface area (Å²) in [6.07, 6.45) is 3.57. The van der Waals surface area contributed by atoms with Crippen LogP contribution in [0.1, 0.15) is 37.7 Å². The molecule has 1 aliphatic carbocycles. The third kappa shape index (κ3) is 3.95. The Balaban J connectivity index is 1.83. The molecular formula is C24H25N3O4. The number of aromatic nitrogens is 1. The number of methoxy groups -OCH3 is 2. The number of pyridine rings is 1. The van der Waals surface area contributed by atoms with E-state index in [4.69, 9.17) is 14.5 Å². The van der Waals surface area contributed by atoms with Crippen LogP contribution in [0.5, 0.6) is 11.5 Å². The quantitative estimate of drug-likeness (QED) is 0.793. The molecule has 1 amide bonds. The molecule has 2 aliphatic rings. The summed E-state index contributed by atoms with van der Waals surface area (Å²) in [7, 11) is 3.16. The highest BCUT2D eigenvalue weighted by Crippen LogP contribution is 2.46. The number of nitrogens with zero attached hydrogens (tertiary/aromatic N) is 2. The summed E-state index contributed by atoms with van der Waals surface area (Å²) < 4.78 is 11.0. The first-order valence-electron chi connectivity index (χ1n) is 10.3. The average Bonchev–Trinajstić information content (AvgIpc) is 2.78. The number of amides is 1. The van der Waals surface area contributed by atoms with Gasteiger partial charge in [-0.1, -0.05) is 12.1 Å². The summed E-state index contributed by atoms with van der Waals surface area (Å²) in [4.78, 5) is 35.4. The predicted molar refractivity (Wildman–Crippen MR) is 118 cm³/mol. The molecule has 1 N–H and O–H groups in total. The molecule has 1 aromatic carbocycles. The summed E-state index contributed by atoms with van der Waals surface area (Å²) in [5.74, 6) is 0.287. The first-order chi connectivity index (χ1) is 15.0. The van der Waals surface area contributed by atoms with E-state index in [9.17, 15) is 9.59 Å². The molecule has 31 heavy (non-hydrogen) atoms. The van der Waals surface area contributed by atoms with Crippen molar-refractivity contribution in [2.75, 3.05) is 19.5 Å². The van der Waals surface area contributed by atoms with Crippen molar-refractivity contribution in [1.82, 2.24) is 4.98 Å². The summed E-state index contributed by atoms with van der Waals surface area (Å²) in [5, 5.41) is 2.88. The topological polar surface area (TPSA) is 89.9 Å². The Kier molecular flexibility index (Phi) is 5.84. The maximum Gasteiger partial charge on any atom is 0.235 e. The van der Waals surface area contributed by atoms with Crippen molar-refractivity contribution in [3.05, 3.63) is 59.4 Å². The van der Waals surface area contributed by atoms with Crippen molar-refractivity contribution in [1.29, 1.82) is 0 Å². The second-order valence-corrected chi connectivity index (χ2v) is 7.66. The Morgan fingerprint density at radius 2 is 1.97 bits per heavy atom. The van der Waals surface area contributed by atoms with Crippen LogP contribution < -0.4 is 14.8 Å². The molecule has 4 rings (SSSR count). The van der Waals surface area contributed by atoms with Crippen molar-refractivity contribution in [2.24, 2.45) is 10.9 Å². The van der Waals surface area contributed by atoms with Crippen molar-refractivity contribution in [3.8, 4) is 11.5 Å². The second kappa shape index (κ2) is 8.71. The van der Waals surface area contributed by atoms with Gasteiger partial charge in [-0.3, -0.25) is 14.6 Å². The number of benzene rings is 1. The van der Waals surface area contributed by atoms with E-state index in [2.05, 4.69) is 10.3 Å². The molecule has 1 aliphatic heterocycles. The zero-order valence-electron chi connectivity index (χ0n) is 17.8. The molecule has 0 radical (unpaired) electrons. The maximum atomic E-state index is 13.4. The minimum Gasteiger partial charge on any atom is -0.497 e. The zero-order chi connectivity index (χ0) is 22.0. The number of allylic oxidation sites excluding steroid dienone is 2. The number of carbonyl (C=O) groups excluding carboxylic acids is 2. The molecule has 1 unspecified atom stereocenters. The van der Waals surface area contributed by atoms with Gasteiger partial charge in [-0.2, -0.15) is 0 Å². The van der Waals surface area contributed by atoms with Crippen LogP contribution in [0.25, 0.3) is 0 Å². The normalized spacial score (nSPS) is 20.6. The van der Waals surface area contributed by atoms with E-state index in [1.165, 1.54) is 0 Å². The van der Waals surface area contributed by atoms with Gasteiger partial charge in [0.1, 0.15) is 17.3 Å². The van der Waals surface area contributed by atoms with Crippen LogP contribution in [-0.4, -0.2) is 36.6 Å². The van der Waals surface area contributed by atoms with Gasteiger partial charge in [0.15, 0.2) is 5.78 Å². The highest BCUT2D eigenvalue weighted by molar-refractivity contribution is 6.13. The Morgan fingerprint density at radius 3 is 2.68 bits per heavy atom. The third-order valence-electron chi connectivity index (χ3n) is 5.81. The number of nitrogens with one attached hydrogen (secondary N) is 1. The SMILES string of the molecule is COc1ccc([C@H]2C3=C(CCCC3=O)N=C(C)C2C(=O)Nc2ccccn2)c(OC)c1. The van der Waals surface area contributed by atoms with E-state index < -0.39 is 11.8 Å². The van der Waals surface area contributed by atoms with Crippen LogP contribution in [0, 0.1) is 5.92 Å². The highest BCUT2D eigenvalue weighted by Gasteiger charge is 2.43. The number of aliphatic imine (C=N–C) groups is 1. The molecule has 0 saturated heterocycles. The maximum absolute atomic E-state index is 13.4. The van der Waals surface area contributed by atoms with Gasteiger partial charge in [-0.15, -0.1) is 0 Å². The molecule has 0 bridgehead atoms. The Hall–Kier alpha value is -3.48. The molecule has 1 aromatic heterocycles. The van der Waals surface area contributed by atoms with Gasteiger partial charge in [-0.25, -0.2) is 4.98 Å². The van der Waals surface area contributed by atoms with Gasteiger partial charge in [0, 0.05) is 47.1 Å². The van der Waals surface area contributed by atoms with Gasteiger partial charge < -0.3 is 14.8 Å². The van der Waals surface area contributed by atoms with E-state index in [1.54, 1.807) is 44.7 Å². The van der Waals surface area contributed by atoms with E-state index in [0.29, 0.717) is 35.0 Å². The summed E-state index contributed by atoms with van der Waals surface area (Å²) in [5.41, 5.74) is 2.83. The number of rotatable bonds is 5. The Morgan fingerprint density at radius 1 is 1.13 bits per heavy atom. The van der Waals surface area contributed by atoms with Crippen LogP contribution in [0.3, 0.4) is 0 Å². The number of hydrogen-bond acceptors (Lipinski definition) is 6. The van der Waals surface area contributed by atoms with Crippen LogP contribution >= 0.6 is 0 Å². The standard InChI is InChI=1S/C24H25N3O4/c1-14-21(24(29)27-20-9-4-5-12-25-20)22(23-17(26-14)7-6-8-18(23)28)16-11-10-15(30-2)13-19(16)31-3/h4-5,9-13,21-22H,6-8H2,1-3H3,(H,25,27,29)/t21?,22-/m1/s1. The largest absolute Gasteiger partial charge is 0.497 e. The van der Waals surface area contributed by atoms with E-state index >= 15 is 0 Å². The molecule has 2 aromatic rings. The Bertz CT molecular complexity index is 1080. The lowest BCUT2D eigenvalue weighted by Gasteiger charge is -2.35. The fourth-order valence-electron chi connectivity index (χ4n) is 4.40. The number of ether oxygens (including phenoxy) is 2. The monoisotopic (exact) mass is 419 g/mol.